The number of rotatable bonds is 4. The molecule has 0 spiro atoms. The van der Waals surface area contributed by atoms with Gasteiger partial charge in [-0.25, -0.2) is 0 Å². The maximum absolute atomic E-state index is 12.2. The van der Waals surface area contributed by atoms with Crippen molar-refractivity contribution in [1.82, 2.24) is 5.32 Å². The fourth-order valence-corrected chi connectivity index (χ4v) is 3.53. The van der Waals surface area contributed by atoms with Gasteiger partial charge in [-0.1, -0.05) is 34.6 Å². The molecule has 3 heteroatoms. The highest BCUT2D eigenvalue weighted by Crippen LogP contribution is 2.44. The fourth-order valence-electron chi connectivity index (χ4n) is 3.53. The SMILES string of the molecule is COC(=O)C1(NCC(C)C)CC(C)CC(C)(C)C1. The summed E-state index contributed by atoms with van der Waals surface area (Å²) in [5, 5.41) is 3.50. The summed E-state index contributed by atoms with van der Waals surface area (Å²) < 4.78 is 5.07. The first-order valence-corrected chi connectivity index (χ1v) is 7.04. The van der Waals surface area contributed by atoms with Gasteiger partial charge < -0.3 is 10.1 Å². The molecule has 1 rings (SSSR count). The van der Waals surface area contributed by atoms with Crippen molar-refractivity contribution >= 4 is 5.97 Å². The molecule has 1 aliphatic carbocycles. The summed E-state index contributed by atoms with van der Waals surface area (Å²) in [5.74, 6) is 0.988. The zero-order chi connectivity index (χ0) is 14.0. The van der Waals surface area contributed by atoms with E-state index >= 15 is 0 Å². The molecule has 0 bridgehead atoms. The van der Waals surface area contributed by atoms with E-state index in [2.05, 4.69) is 39.9 Å². The van der Waals surface area contributed by atoms with Crippen LogP contribution in [-0.2, 0) is 9.53 Å². The van der Waals surface area contributed by atoms with Crippen molar-refractivity contribution in [2.24, 2.45) is 17.3 Å². The van der Waals surface area contributed by atoms with Crippen LogP contribution in [0.2, 0.25) is 0 Å². The van der Waals surface area contributed by atoms with Crippen molar-refractivity contribution in [2.45, 2.75) is 59.4 Å². The van der Waals surface area contributed by atoms with E-state index in [1.807, 2.05) is 0 Å². The van der Waals surface area contributed by atoms with Crippen LogP contribution in [0.5, 0.6) is 0 Å². The summed E-state index contributed by atoms with van der Waals surface area (Å²) in [7, 11) is 1.49. The molecular formula is C15H29NO2. The largest absolute Gasteiger partial charge is 0.468 e. The van der Waals surface area contributed by atoms with Crippen LogP contribution in [0.4, 0.5) is 0 Å². The zero-order valence-electron chi connectivity index (χ0n) is 12.8. The van der Waals surface area contributed by atoms with E-state index in [4.69, 9.17) is 4.74 Å². The van der Waals surface area contributed by atoms with Gasteiger partial charge in [0, 0.05) is 0 Å². The average Bonchev–Trinajstić information content (AvgIpc) is 2.22. The Morgan fingerprint density at radius 3 is 2.44 bits per heavy atom. The van der Waals surface area contributed by atoms with Crippen LogP contribution in [-0.4, -0.2) is 25.2 Å². The maximum Gasteiger partial charge on any atom is 0.326 e. The summed E-state index contributed by atoms with van der Waals surface area (Å²) in [5.41, 5.74) is -0.296. The molecule has 0 aromatic carbocycles. The quantitative estimate of drug-likeness (QED) is 0.785. The standard InChI is InChI=1S/C15H29NO2/c1-11(2)9-16-15(13(17)18-6)8-12(3)7-14(4,5)10-15/h11-12,16H,7-10H2,1-6H3. The van der Waals surface area contributed by atoms with Crippen LogP contribution in [0, 0.1) is 17.3 Å². The lowest BCUT2D eigenvalue weighted by molar-refractivity contribution is -0.153. The predicted octanol–water partition coefficient (Wildman–Crippen LogP) is 2.99. The van der Waals surface area contributed by atoms with Crippen molar-refractivity contribution in [3.05, 3.63) is 0 Å². The van der Waals surface area contributed by atoms with Crippen molar-refractivity contribution < 1.29 is 9.53 Å². The molecule has 18 heavy (non-hydrogen) atoms. The number of carbonyl (C=O) groups excluding carboxylic acids is 1. The topological polar surface area (TPSA) is 38.3 Å². The number of hydrogen-bond acceptors (Lipinski definition) is 3. The second-order valence-corrected chi connectivity index (χ2v) is 7.20. The molecular weight excluding hydrogens is 226 g/mol. The first-order chi connectivity index (χ1) is 8.21. The molecule has 0 aliphatic heterocycles. The van der Waals surface area contributed by atoms with Gasteiger partial charge in [-0.15, -0.1) is 0 Å². The van der Waals surface area contributed by atoms with E-state index in [9.17, 15) is 4.79 Å². The van der Waals surface area contributed by atoms with Gasteiger partial charge in [0.05, 0.1) is 7.11 Å². The van der Waals surface area contributed by atoms with Crippen molar-refractivity contribution in [1.29, 1.82) is 0 Å². The minimum absolute atomic E-state index is 0.0947. The number of hydrogen-bond donors (Lipinski definition) is 1. The lowest BCUT2D eigenvalue weighted by atomic mass is 9.64. The first-order valence-electron chi connectivity index (χ1n) is 7.04. The van der Waals surface area contributed by atoms with Crippen LogP contribution >= 0.6 is 0 Å². The Bertz CT molecular complexity index is 299. The molecule has 0 saturated heterocycles. The number of esters is 1. The van der Waals surface area contributed by atoms with Crippen LogP contribution in [0.3, 0.4) is 0 Å². The number of ether oxygens (including phenoxy) is 1. The van der Waals surface area contributed by atoms with E-state index in [-0.39, 0.29) is 11.4 Å². The Labute approximate surface area is 112 Å². The smallest absolute Gasteiger partial charge is 0.326 e. The second kappa shape index (κ2) is 5.60. The normalized spacial score (nSPS) is 31.4. The molecule has 1 N–H and O–H groups in total. The third kappa shape index (κ3) is 3.71. The van der Waals surface area contributed by atoms with Gasteiger partial charge in [-0.05, 0) is 43.1 Å². The molecule has 3 nitrogen and oxygen atoms in total. The minimum Gasteiger partial charge on any atom is -0.468 e. The number of methoxy groups -OCH3 is 1. The van der Waals surface area contributed by atoms with E-state index in [0.717, 1.165) is 19.4 Å². The predicted molar refractivity (Wildman–Crippen MR) is 74.4 cm³/mol. The molecule has 106 valence electrons. The van der Waals surface area contributed by atoms with Gasteiger partial charge in [-0.3, -0.25) is 4.79 Å². The Kier molecular flexibility index (Phi) is 4.82. The highest BCUT2D eigenvalue weighted by molar-refractivity contribution is 5.81. The van der Waals surface area contributed by atoms with E-state index in [1.54, 1.807) is 0 Å². The van der Waals surface area contributed by atoms with Crippen LogP contribution in [0.15, 0.2) is 0 Å². The number of carbonyl (C=O) groups is 1. The highest BCUT2D eigenvalue weighted by Gasteiger charge is 2.48. The van der Waals surface area contributed by atoms with Gasteiger partial charge in [0.15, 0.2) is 0 Å². The lowest BCUT2D eigenvalue weighted by Crippen LogP contribution is -2.59. The molecule has 1 aliphatic rings. The maximum atomic E-state index is 12.2. The Balaban J connectivity index is 2.92. The van der Waals surface area contributed by atoms with E-state index in [0.29, 0.717) is 11.8 Å². The van der Waals surface area contributed by atoms with E-state index in [1.165, 1.54) is 13.5 Å². The van der Waals surface area contributed by atoms with Crippen LogP contribution in [0.25, 0.3) is 0 Å². The Hall–Kier alpha value is -0.570. The van der Waals surface area contributed by atoms with Crippen molar-refractivity contribution in [3.8, 4) is 0 Å². The van der Waals surface area contributed by atoms with Gasteiger partial charge >= 0.3 is 5.97 Å². The fraction of sp³-hybridized carbons (Fsp3) is 0.933. The van der Waals surface area contributed by atoms with E-state index < -0.39 is 5.54 Å². The monoisotopic (exact) mass is 255 g/mol. The third-order valence-electron chi connectivity index (χ3n) is 3.80. The average molecular weight is 255 g/mol. The number of nitrogens with one attached hydrogen (secondary N) is 1. The Morgan fingerprint density at radius 2 is 2.00 bits per heavy atom. The molecule has 0 radical (unpaired) electrons. The highest BCUT2D eigenvalue weighted by atomic mass is 16.5. The van der Waals surface area contributed by atoms with Gasteiger partial charge in [0.1, 0.15) is 5.54 Å². The van der Waals surface area contributed by atoms with Gasteiger partial charge in [0.2, 0.25) is 0 Å². The van der Waals surface area contributed by atoms with Crippen LogP contribution < -0.4 is 5.32 Å². The minimum atomic E-state index is -0.486. The first kappa shape index (κ1) is 15.5. The summed E-state index contributed by atoms with van der Waals surface area (Å²) in [6.45, 7) is 11.9. The summed E-state index contributed by atoms with van der Waals surface area (Å²) in [6.07, 6.45) is 2.93. The third-order valence-corrected chi connectivity index (χ3v) is 3.80. The molecule has 0 aromatic rings. The summed E-state index contributed by atoms with van der Waals surface area (Å²) >= 11 is 0. The van der Waals surface area contributed by atoms with Crippen molar-refractivity contribution in [3.63, 3.8) is 0 Å². The molecule has 2 atom stereocenters. The molecule has 2 unspecified atom stereocenters. The Morgan fingerprint density at radius 1 is 1.39 bits per heavy atom. The molecule has 1 fully saturated rings. The summed E-state index contributed by atoms with van der Waals surface area (Å²) in [6, 6.07) is 0. The summed E-state index contributed by atoms with van der Waals surface area (Å²) in [4.78, 5) is 12.2. The van der Waals surface area contributed by atoms with Gasteiger partial charge in [-0.2, -0.15) is 0 Å². The van der Waals surface area contributed by atoms with Crippen LogP contribution in [0.1, 0.15) is 53.9 Å². The second-order valence-electron chi connectivity index (χ2n) is 7.20. The zero-order valence-corrected chi connectivity index (χ0v) is 12.8. The molecule has 0 heterocycles. The lowest BCUT2D eigenvalue weighted by Gasteiger charge is -2.46. The van der Waals surface area contributed by atoms with Crippen molar-refractivity contribution in [2.75, 3.05) is 13.7 Å². The molecule has 0 aromatic heterocycles. The molecule has 0 amide bonds. The van der Waals surface area contributed by atoms with Gasteiger partial charge in [0.25, 0.3) is 0 Å². The molecule has 1 saturated carbocycles.